The van der Waals surface area contributed by atoms with Crippen LogP contribution in [0.1, 0.15) is 6.92 Å². The zero-order valence-electron chi connectivity index (χ0n) is 8.00. The van der Waals surface area contributed by atoms with Crippen molar-refractivity contribution >= 4 is 10.2 Å². The smallest absolute Gasteiger partial charge is 0.396 e. The van der Waals surface area contributed by atoms with Crippen LogP contribution in [-0.2, 0) is 10.2 Å². The fraction of sp³-hybridized carbons (Fsp3) is 1.00. The number of nitrogens with one attached hydrogen (secondary N) is 2. The molecular weight excluding hydrogens is 237 g/mol. The van der Waals surface area contributed by atoms with Crippen molar-refractivity contribution in [2.75, 3.05) is 19.7 Å². The third-order valence-electron chi connectivity index (χ3n) is 1.40. The van der Waals surface area contributed by atoms with Gasteiger partial charge in [-0.1, -0.05) is 6.92 Å². The van der Waals surface area contributed by atoms with Gasteiger partial charge in [-0.2, -0.15) is 26.3 Å². The summed E-state index contributed by atoms with van der Waals surface area (Å²) >= 11 is 0. The summed E-state index contributed by atoms with van der Waals surface area (Å²) in [6.45, 7) is -0.437. The Bertz CT molecular complexity index is 278. The summed E-state index contributed by atoms with van der Waals surface area (Å²) in [5.74, 6) is -0.354. The van der Waals surface area contributed by atoms with Crippen LogP contribution >= 0.6 is 0 Å². The van der Waals surface area contributed by atoms with Crippen LogP contribution in [0.2, 0.25) is 0 Å². The van der Waals surface area contributed by atoms with Gasteiger partial charge in [0.1, 0.15) is 6.54 Å². The summed E-state index contributed by atoms with van der Waals surface area (Å²) in [5, 5.41) is 8.56. The number of halogens is 3. The molecule has 0 bridgehead atoms. The van der Waals surface area contributed by atoms with E-state index >= 15 is 0 Å². The molecule has 0 radical (unpaired) electrons. The summed E-state index contributed by atoms with van der Waals surface area (Å²) < 4.78 is 60.0. The van der Waals surface area contributed by atoms with Crippen LogP contribution in [0.25, 0.3) is 0 Å². The van der Waals surface area contributed by atoms with Crippen LogP contribution in [0.4, 0.5) is 13.2 Å². The van der Waals surface area contributed by atoms with Gasteiger partial charge < -0.3 is 5.11 Å². The van der Waals surface area contributed by atoms with Crippen molar-refractivity contribution in [3.63, 3.8) is 0 Å². The van der Waals surface area contributed by atoms with Crippen molar-refractivity contribution in [1.29, 1.82) is 0 Å². The van der Waals surface area contributed by atoms with E-state index in [2.05, 4.69) is 0 Å². The van der Waals surface area contributed by atoms with E-state index in [0.29, 0.717) is 0 Å². The Hall–Kier alpha value is -0.380. The fourth-order valence-electron chi connectivity index (χ4n) is 0.544. The molecule has 5 nitrogen and oxygen atoms in total. The Balaban J connectivity index is 3.99. The topological polar surface area (TPSA) is 78.4 Å². The maximum absolute atomic E-state index is 11.7. The van der Waals surface area contributed by atoms with E-state index in [1.54, 1.807) is 6.92 Å². The molecule has 0 rings (SSSR count). The highest BCUT2D eigenvalue weighted by molar-refractivity contribution is 7.87. The molecule has 0 saturated carbocycles. The lowest BCUT2D eigenvalue weighted by Crippen LogP contribution is -2.43. The van der Waals surface area contributed by atoms with Crippen molar-refractivity contribution in [3.05, 3.63) is 0 Å². The Labute approximate surface area is 85.9 Å². The molecule has 0 saturated heterocycles. The second kappa shape index (κ2) is 5.64. The molecule has 0 aliphatic carbocycles. The van der Waals surface area contributed by atoms with Crippen molar-refractivity contribution < 1.29 is 26.7 Å². The zero-order valence-corrected chi connectivity index (χ0v) is 8.82. The van der Waals surface area contributed by atoms with Gasteiger partial charge in [0.05, 0.1) is 0 Å². The third-order valence-corrected chi connectivity index (χ3v) is 2.47. The first-order chi connectivity index (χ1) is 6.66. The van der Waals surface area contributed by atoms with Gasteiger partial charge in [0, 0.05) is 13.2 Å². The lowest BCUT2D eigenvalue weighted by Gasteiger charge is -2.12. The molecule has 0 aliphatic heterocycles. The van der Waals surface area contributed by atoms with E-state index < -0.39 is 22.9 Å². The minimum atomic E-state index is -4.59. The van der Waals surface area contributed by atoms with Gasteiger partial charge in [-0.3, -0.25) is 0 Å². The van der Waals surface area contributed by atoms with E-state index in [-0.39, 0.29) is 19.1 Å². The van der Waals surface area contributed by atoms with Crippen molar-refractivity contribution in [1.82, 2.24) is 9.44 Å². The molecule has 1 atom stereocenters. The molecule has 15 heavy (non-hydrogen) atoms. The number of aliphatic hydroxyl groups is 1. The summed E-state index contributed by atoms with van der Waals surface area (Å²) in [7, 11) is -4.15. The molecule has 0 aromatic heterocycles. The zero-order chi connectivity index (χ0) is 12.1. The predicted molar refractivity (Wildman–Crippen MR) is 47.2 cm³/mol. The van der Waals surface area contributed by atoms with Gasteiger partial charge in [-0.25, -0.2) is 4.72 Å². The first-order valence-corrected chi connectivity index (χ1v) is 5.56. The van der Waals surface area contributed by atoms with Crippen LogP contribution in [0.3, 0.4) is 0 Å². The van der Waals surface area contributed by atoms with Gasteiger partial charge >= 0.3 is 6.18 Å². The predicted octanol–water partition coefficient (Wildman–Crippen LogP) is -0.399. The van der Waals surface area contributed by atoms with Crippen molar-refractivity contribution in [2.45, 2.75) is 13.1 Å². The molecule has 0 heterocycles. The number of hydrogen-bond acceptors (Lipinski definition) is 3. The van der Waals surface area contributed by atoms with Crippen LogP contribution in [0, 0.1) is 5.92 Å². The van der Waals surface area contributed by atoms with Crippen LogP contribution in [0.15, 0.2) is 0 Å². The molecule has 3 N–H and O–H groups in total. The van der Waals surface area contributed by atoms with Gasteiger partial charge in [-0.05, 0) is 5.92 Å². The summed E-state index contributed by atoms with van der Waals surface area (Å²) in [4.78, 5) is 0. The Kier molecular flexibility index (Phi) is 5.49. The van der Waals surface area contributed by atoms with E-state index in [9.17, 15) is 21.6 Å². The molecule has 92 valence electrons. The Morgan fingerprint density at radius 3 is 2.27 bits per heavy atom. The number of rotatable bonds is 6. The van der Waals surface area contributed by atoms with Crippen LogP contribution < -0.4 is 9.44 Å². The first-order valence-electron chi connectivity index (χ1n) is 4.08. The molecular formula is C6H13F3N2O3S. The van der Waals surface area contributed by atoms with Gasteiger partial charge in [0.2, 0.25) is 0 Å². The normalized spacial score (nSPS) is 15.3. The van der Waals surface area contributed by atoms with E-state index in [4.69, 9.17) is 5.11 Å². The molecule has 0 spiro atoms. The highest BCUT2D eigenvalue weighted by Gasteiger charge is 2.29. The summed E-state index contributed by atoms with van der Waals surface area (Å²) in [6, 6.07) is 0. The second-order valence-corrected chi connectivity index (χ2v) is 4.66. The van der Waals surface area contributed by atoms with E-state index in [0.717, 1.165) is 0 Å². The third kappa shape index (κ3) is 8.60. The second-order valence-electron chi connectivity index (χ2n) is 3.08. The standard InChI is InChI=1S/C6H13F3N2O3S/c1-5(3-12)2-10-15(13,14)11-4-6(7,8)9/h5,10-12H,2-4H2,1H3. The lowest BCUT2D eigenvalue weighted by molar-refractivity contribution is -0.121. The van der Waals surface area contributed by atoms with Gasteiger partial charge in [0.15, 0.2) is 0 Å². The molecule has 0 fully saturated rings. The molecule has 0 amide bonds. The first kappa shape index (κ1) is 14.6. The van der Waals surface area contributed by atoms with Crippen LogP contribution in [0.5, 0.6) is 0 Å². The van der Waals surface area contributed by atoms with Crippen molar-refractivity contribution in [2.24, 2.45) is 5.92 Å². The highest BCUT2D eigenvalue weighted by atomic mass is 32.2. The molecule has 0 aliphatic rings. The fourth-order valence-corrected chi connectivity index (χ4v) is 1.50. The largest absolute Gasteiger partial charge is 0.402 e. The number of hydrogen-bond donors (Lipinski definition) is 3. The quantitative estimate of drug-likeness (QED) is 0.600. The maximum atomic E-state index is 11.7. The number of aliphatic hydroxyl groups excluding tert-OH is 1. The van der Waals surface area contributed by atoms with Gasteiger partial charge in [-0.15, -0.1) is 0 Å². The number of alkyl halides is 3. The summed E-state index contributed by atoms with van der Waals surface area (Å²) in [6.07, 6.45) is -4.59. The molecule has 9 heteroatoms. The lowest BCUT2D eigenvalue weighted by atomic mass is 10.2. The average molecular weight is 250 g/mol. The SMILES string of the molecule is CC(CO)CNS(=O)(=O)NCC(F)(F)F. The Morgan fingerprint density at radius 2 is 1.87 bits per heavy atom. The highest BCUT2D eigenvalue weighted by Crippen LogP contribution is 2.12. The van der Waals surface area contributed by atoms with E-state index in [1.807, 2.05) is 4.72 Å². The monoisotopic (exact) mass is 250 g/mol. The molecule has 0 aromatic rings. The minimum absolute atomic E-state index is 0.121. The maximum Gasteiger partial charge on any atom is 0.402 e. The molecule has 0 aromatic carbocycles. The minimum Gasteiger partial charge on any atom is -0.396 e. The van der Waals surface area contributed by atoms with Crippen molar-refractivity contribution in [3.8, 4) is 0 Å². The summed E-state index contributed by atoms with van der Waals surface area (Å²) in [5.41, 5.74) is 0. The molecule has 1 unspecified atom stereocenters. The average Bonchev–Trinajstić information content (AvgIpc) is 2.10. The van der Waals surface area contributed by atoms with Gasteiger partial charge in [0.25, 0.3) is 10.2 Å². The Morgan fingerprint density at radius 1 is 1.33 bits per heavy atom. The van der Waals surface area contributed by atoms with E-state index in [1.165, 1.54) is 4.72 Å². The van der Waals surface area contributed by atoms with Crippen LogP contribution in [-0.4, -0.2) is 39.4 Å².